The van der Waals surface area contributed by atoms with Crippen LogP contribution in [0.5, 0.6) is 17.2 Å². The van der Waals surface area contributed by atoms with Crippen molar-refractivity contribution >= 4 is 29.1 Å². The lowest BCUT2D eigenvalue weighted by molar-refractivity contribution is -0.137. The van der Waals surface area contributed by atoms with Gasteiger partial charge in [-0.1, -0.05) is 6.07 Å². The van der Waals surface area contributed by atoms with Crippen molar-refractivity contribution in [2.75, 3.05) is 16.8 Å². The van der Waals surface area contributed by atoms with E-state index in [2.05, 4.69) is 5.32 Å². The summed E-state index contributed by atoms with van der Waals surface area (Å²) in [6.07, 6.45) is -4.50. The quantitative estimate of drug-likeness (QED) is 0.416. The predicted octanol–water partition coefficient (Wildman–Crippen LogP) is 5.80. The van der Waals surface area contributed by atoms with Crippen molar-refractivity contribution in [2.24, 2.45) is 0 Å². The predicted molar refractivity (Wildman–Crippen MR) is 125 cm³/mol. The molecule has 0 spiro atoms. The number of benzene rings is 3. The van der Waals surface area contributed by atoms with E-state index < -0.39 is 17.6 Å². The highest BCUT2D eigenvalue weighted by Crippen LogP contribution is 2.37. The molecule has 10 heteroatoms. The second-order valence-corrected chi connectivity index (χ2v) is 7.84. The second-order valence-electron chi connectivity index (χ2n) is 7.84. The molecule has 7 nitrogen and oxygen atoms in total. The molecule has 0 bridgehead atoms. The molecule has 1 N–H and O–H groups in total. The average molecular weight is 498 g/mol. The van der Waals surface area contributed by atoms with Gasteiger partial charge in [0.15, 0.2) is 5.75 Å². The number of rotatable bonds is 7. The molecule has 1 fully saturated rings. The largest absolute Gasteiger partial charge is 0.494 e. The number of amides is 3. The van der Waals surface area contributed by atoms with Gasteiger partial charge in [0.05, 0.1) is 23.5 Å². The summed E-state index contributed by atoms with van der Waals surface area (Å²) in [6.45, 7) is 2.30. The maximum absolute atomic E-state index is 13.4. The number of halogens is 3. The van der Waals surface area contributed by atoms with Crippen LogP contribution in [0.4, 0.5) is 24.5 Å². The third-order valence-corrected chi connectivity index (χ3v) is 5.34. The molecule has 0 aliphatic carbocycles. The van der Waals surface area contributed by atoms with E-state index in [9.17, 15) is 27.6 Å². The molecule has 1 aliphatic rings. The number of hydrogen-bond donors (Lipinski definition) is 1. The van der Waals surface area contributed by atoms with Crippen LogP contribution < -0.4 is 19.7 Å². The number of carbonyl (C=O) groups is 3. The van der Waals surface area contributed by atoms with E-state index >= 15 is 0 Å². The Kier molecular flexibility index (Phi) is 6.96. The van der Waals surface area contributed by atoms with E-state index in [0.29, 0.717) is 18.1 Å². The zero-order valence-corrected chi connectivity index (χ0v) is 19.1. The molecule has 0 saturated carbocycles. The van der Waals surface area contributed by atoms with Gasteiger partial charge in [-0.05, 0) is 67.6 Å². The number of alkyl halides is 3. The Hall–Kier alpha value is -4.34. The van der Waals surface area contributed by atoms with E-state index in [-0.39, 0.29) is 47.3 Å². The minimum atomic E-state index is -4.65. The molecule has 36 heavy (non-hydrogen) atoms. The minimum absolute atomic E-state index is 0.0124. The summed E-state index contributed by atoms with van der Waals surface area (Å²) in [7, 11) is 0. The van der Waals surface area contributed by atoms with Gasteiger partial charge in [0.1, 0.15) is 11.5 Å². The van der Waals surface area contributed by atoms with Crippen molar-refractivity contribution in [2.45, 2.75) is 25.9 Å². The van der Waals surface area contributed by atoms with Crippen LogP contribution in [-0.4, -0.2) is 24.3 Å². The van der Waals surface area contributed by atoms with Crippen LogP contribution in [0.15, 0.2) is 66.7 Å². The Balaban J connectivity index is 1.62. The molecule has 1 saturated heterocycles. The lowest BCUT2D eigenvalue weighted by atomic mass is 10.1. The molecule has 3 aromatic rings. The molecular formula is C26H21F3N2O5. The molecule has 4 rings (SSSR count). The molecule has 1 aliphatic heterocycles. The van der Waals surface area contributed by atoms with Crippen LogP contribution >= 0.6 is 0 Å². The summed E-state index contributed by atoms with van der Waals surface area (Å²) in [6, 6.07) is 14.9. The molecule has 0 atom stereocenters. The maximum Gasteiger partial charge on any atom is 0.416 e. The molecule has 0 radical (unpaired) electrons. The fourth-order valence-electron chi connectivity index (χ4n) is 3.64. The fourth-order valence-corrected chi connectivity index (χ4v) is 3.64. The molecule has 0 unspecified atom stereocenters. The van der Waals surface area contributed by atoms with Crippen molar-refractivity contribution in [1.29, 1.82) is 0 Å². The SMILES string of the molecule is CCOc1ccc(Oc2ccc(C(F)(F)F)cc2NC(=O)c2cccc(N3C(=O)CCC3=O)c2)cc1. The third-order valence-electron chi connectivity index (χ3n) is 5.34. The lowest BCUT2D eigenvalue weighted by Crippen LogP contribution is -2.28. The highest BCUT2D eigenvalue weighted by Gasteiger charge is 2.32. The Morgan fingerprint density at radius 1 is 0.944 bits per heavy atom. The van der Waals surface area contributed by atoms with Gasteiger partial charge < -0.3 is 14.8 Å². The van der Waals surface area contributed by atoms with Gasteiger partial charge >= 0.3 is 6.18 Å². The topological polar surface area (TPSA) is 84.9 Å². The summed E-state index contributed by atoms with van der Waals surface area (Å²) in [5, 5.41) is 2.45. The number of hydrogen-bond acceptors (Lipinski definition) is 5. The zero-order valence-electron chi connectivity index (χ0n) is 19.1. The zero-order chi connectivity index (χ0) is 25.9. The summed E-state index contributed by atoms with van der Waals surface area (Å²) < 4.78 is 51.2. The normalized spacial score (nSPS) is 13.6. The first-order valence-electron chi connectivity index (χ1n) is 11.0. The first-order chi connectivity index (χ1) is 17.2. The molecule has 3 amide bonds. The standard InChI is InChI=1S/C26H21F3N2O5/c1-2-35-19-7-9-20(10-8-19)36-22-11-6-17(26(27,28)29)15-21(22)30-25(34)16-4-3-5-18(14-16)31-23(32)12-13-24(31)33/h3-11,14-15H,2,12-13H2,1H3,(H,30,34). The molecule has 3 aromatic carbocycles. The number of nitrogens with zero attached hydrogens (tertiary/aromatic N) is 1. The first kappa shape index (κ1) is 24.8. The first-order valence-corrected chi connectivity index (χ1v) is 11.0. The fraction of sp³-hybridized carbons (Fsp3) is 0.192. The van der Waals surface area contributed by atoms with Crippen LogP contribution in [0, 0.1) is 0 Å². The Morgan fingerprint density at radius 3 is 2.25 bits per heavy atom. The Labute approximate surface area is 204 Å². The van der Waals surface area contributed by atoms with Crippen LogP contribution in [0.3, 0.4) is 0 Å². The number of imide groups is 1. The van der Waals surface area contributed by atoms with Gasteiger partial charge in [0.2, 0.25) is 11.8 Å². The monoisotopic (exact) mass is 498 g/mol. The van der Waals surface area contributed by atoms with Gasteiger partial charge in [0.25, 0.3) is 5.91 Å². The molecule has 1 heterocycles. The Morgan fingerprint density at radius 2 is 1.61 bits per heavy atom. The van der Waals surface area contributed by atoms with Gasteiger partial charge in [0, 0.05) is 18.4 Å². The third kappa shape index (κ3) is 5.48. The molecule has 186 valence electrons. The summed E-state index contributed by atoms with van der Waals surface area (Å²) in [5.74, 6) is -0.612. The van der Waals surface area contributed by atoms with Crippen molar-refractivity contribution in [1.82, 2.24) is 0 Å². The van der Waals surface area contributed by atoms with Gasteiger partial charge in [-0.25, -0.2) is 0 Å². The van der Waals surface area contributed by atoms with Crippen molar-refractivity contribution < 1.29 is 37.0 Å². The Bertz CT molecular complexity index is 1290. The number of ether oxygens (including phenoxy) is 2. The van der Waals surface area contributed by atoms with Crippen molar-refractivity contribution in [3.63, 3.8) is 0 Å². The lowest BCUT2D eigenvalue weighted by Gasteiger charge is -2.17. The van der Waals surface area contributed by atoms with Gasteiger partial charge in [-0.15, -0.1) is 0 Å². The number of carbonyl (C=O) groups excluding carboxylic acids is 3. The van der Waals surface area contributed by atoms with E-state index in [4.69, 9.17) is 9.47 Å². The second kappa shape index (κ2) is 10.1. The van der Waals surface area contributed by atoms with Crippen LogP contribution in [0.2, 0.25) is 0 Å². The molecular weight excluding hydrogens is 477 g/mol. The smallest absolute Gasteiger partial charge is 0.416 e. The van der Waals surface area contributed by atoms with Gasteiger partial charge in [-0.2, -0.15) is 13.2 Å². The van der Waals surface area contributed by atoms with Crippen LogP contribution in [0.25, 0.3) is 0 Å². The number of nitrogens with one attached hydrogen (secondary N) is 1. The highest BCUT2D eigenvalue weighted by molar-refractivity contribution is 6.20. The van der Waals surface area contributed by atoms with Crippen LogP contribution in [0.1, 0.15) is 35.7 Å². The average Bonchev–Trinajstić information content (AvgIpc) is 3.18. The van der Waals surface area contributed by atoms with E-state index in [0.717, 1.165) is 23.1 Å². The van der Waals surface area contributed by atoms with Crippen molar-refractivity contribution in [3.8, 4) is 17.2 Å². The minimum Gasteiger partial charge on any atom is -0.494 e. The van der Waals surface area contributed by atoms with E-state index in [1.807, 2.05) is 6.92 Å². The van der Waals surface area contributed by atoms with Crippen molar-refractivity contribution in [3.05, 3.63) is 77.9 Å². The number of anilines is 2. The summed E-state index contributed by atoms with van der Waals surface area (Å²) in [4.78, 5) is 38.0. The van der Waals surface area contributed by atoms with E-state index in [1.165, 1.54) is 24.3 Å². The van der Waals surface area contributed by atoms with E-state index in [1.54, 1.807) is 24.3 Å². The van der Waals surface area contributed by atoms with Crippen LogP contribution in [-0.2, 0) is 15.8 Å². The molecule has 0 aromatic heterocycles. The maximum atomic E-state index is 13.4. The summed E-state index contributed by atoms with van der Waals surface area (Å²) in [5.41, 5.74) is -0.921. The van der Waals surface area contributed by atoms with Gasteiger partial charge in [-0.3, -0.25) is 19.3 Å². The summed E-state index contributed by atoms with van der Waals surface area (Å²) >= 11 is 0. The highest BCUT2D eigenvalue weighted by atomic mass is 19.4.